The van der Waals surface area contributed by atoms with Crippen LogP contribution in [0.4, 0.5) is 10.1 Å². The number of hydrogen-bond acceptors (Lipinski definition) is 2. The van der Waals surface area contributed by atoms with Gasteiger partial charge in [0.25, 0.3) is 0 Å². The van der Waals surface area contributed by atoms with Gasteiger partial charge in [-0.05, 0) is 35.9 Å². The highest BCUT2D eigenvalue weighted by molar-refractivity contribution is 9.10. The van der Waals surface area contributed by atoms with Crippen LogP contribution < -0.4 is 9.64 Å². The Hall–Kier alpha value is -1.55. The number of ether oxygens (including phenoxy) is 1. The highest BCUT2D eigenvalue weighted by Crippen LogP contribution is 2.28. The Bertz CT molecular complexity index is 554. The summed E-state index contributed by atoms with van der Waals surface area (Å²) in [4.78, 5) is 2.03. The van der Waals surface area contributed by atoms with Gasteiger partial charge in [-0.2, -0.15) is 0 Å². The second-order valence-corrected chi connectivity index (χ2v) is 5.22. The van der Waals surface area contributed by atoms with Crippen molar-refractivity contribution in [2.24, 2.45) is 0 Å². The Labute approximate surface area is 120 Å². The fourth-order valence-corrected chi connectivity index (χ4v) is 2.52. The molecule has 2 nitrogen and oxygen atoms in total. The molecule has 0 saturated heterocycles. The quantitative estimate of drug-likeness (QED) is 0.834. The fourth-order valence-electron chi connectivity index (χ4n) is 2.01. The maximum atomic E-state index is 13.4. The number of rotatable bonds is 4. The molecule has 0 fully saturated rings. The average molecular weight is 324 g/mol. The van der Waals surface area contributed by atoms with E-state index in [9.17, 15) is 4.39 Å². The standard InChI is InChI=1S/C15H15BrFNO/c1-18(14-5-3-4-6-15(14)19-2)10-11-7-12(16)9-13(17)8-11/h3-9H,10H2,1-2H3. The first kappa shape index (κ1) is 13.9. The molecule has 0 bridgehead atoms. The van der Waals surface area contributed by atoms with Crippen molar-refractivity contribution < 1.29 is 9.13 Å². The molecule has 2 rings (SSSR count). The summed E-state index contributed by atoms with van der Waals surface area (Å²) < 4.78 is 19.4. The summed E-state index contributed by atoms with van der Waals surface area (Å²) in [6, 6.07) is 12.7. The molecule has 0 aliphatic carbocycles. The molecule has 0 aromatic heterocycles. The Balaban J connectivity index is 2.22. The third-order valence-corrected chi connectivity index (χ3v) is 3.30. The molecule has 100 valence electrons. The van der Waals surface area contributed by atoms with Crippen molar-refractivity contribution in [3.05, 3.63) is 58.3 Å². The Morgan fingerprint density at radius 2 is 1.95 bits per heavy atom. The van der Waals surface area contributed by atoms with Gasteiger partial charge in [-0.25, -0.2) is 4.39 Å². The molecule has 0 aliphatic heterocycles. The summed E-state index contributed by atoms with van der Waals surface area (Å²) >= 11 is 3.30. The molecule has 0 radical (unpaired) electrons. The molecule has 0 spiro atoms. The van der Waals surface area contributed by atoms with Crippen LogP contribution in [-0.4, -0.2) is 14.2 Å². The average Bonchev–Trinajstić information content (AvgIpc) is 2.37. The first-order valence-corrected chi connectivity index (χ1v) is 6.68. The molecule has 0 atom stereocenters. The second kappa shape index (κ2) is 6.06. The Morgan fingerprint density at radius 3 is 2.63 bits per heavy atom. The van der Waals surface area contributed by atoms with Gasteiger partial charge >= 0.3 is 0 Å². The van der Waals surface area contributed by atoms with E-state index in [1.165, 1.54) is 12.1 Å². The summed E-state index contributed by atoms with van der Waals surface area (Å²) in [6.07, 6.45) is 0. The van der Waals surface area contributed by atoms with E-state index in [-0.39, 0.29) is 5.82 Å². The lowest BCUT2D eigenvalue weighted by Gasteiger charge is -2.21. The third-order valence-electron chi connectivity index (χ3n) is 2.84. The van der Waals surface area contributed by atoms with Crippen LogP contribution in [-0.2, 0) is 6.54 Å². The van der Waals surface area contributed by atoms with Crippen LogP contribution in [0.15, 0.2) is 46.9 Å². The molecule has 0 N–H and O–H groups in total. The van der Waals surface area contributed by atoms with Gasteiger partial charge in [0.05, 0.1) is 12.8 Å². The first-order chi connectivity index (χ1) is 9.10. The first-order valence-electron chi connectivity index (χ1n) is 5.89. The minimum atomic E-state index is -0.238. The van der Waals surface area contributed by atoms with Gasteiger partial charge in [0, 0.05) is 18.1 Å². The van der Waals surface area contributed by atoms with E-state index in [2.05, 4.69) is 15.9 Å². The summed E-state index contributed by atoms with van der Waals surface area (Å²) in [7, 11) is 3.60. The lowest BCUT2D eigenvalue weighted by atomic mass is 10.2. The number of hydrogen-bond donors (Lipinski definition) is 0. The molecule has 0 heterocycles. The Kier molecular flexibility index (Phi) is 4.43. The summed E-state index contributed by atoms with van der Waals surface area (Å²) in [5, 5.41) is 0. The Morgan fingerprint density at radius 1 is 1.21 bits per heavy atom. The maximum absolute atomic E-state index is 13.4. The van der Waals surface area contributed by atoms with E-state index >= 15 is 0 Å². The van der Waals surface area contributed by atoms with Gasteiger partial charge in [-0.3, -0.25) is 0 Å². The van der Waals surface area contributed by atoms with Gasteiger partial charge in [0.1, 0.15) is 11.6 Å². The topological polar surface area (TPSA) is 12.5 Å². The summed E-state index contributed by atoms with van der Waals surface area (Å²) in [5.74, 6) is 0.568. The van der Waals surface area contributed by atoms with Crippen molar-refractivity contribution in [1.29, 1.82) is 0 Å². The smallest absolute Gasteiger partial charge is 0.142 e. The van der Waals surface area contributed by atoms with E-state index in [1.54, 1.807) is 7.11 Å². The zero-order chi connectivity index (χ0) is 13.8. The van der Waals surface area contributed by atoms with Crippen molar-refractivity contribution in [2.45, 2.75) is 6.54 Å². The largest absolute Gasteiger partial charge is 0.495 e. The zero-order valence-corrected chi connectivity index (χ0v) is 12.4. The zero-order valence-electron chi connectivity index (χ0n) is 10.9. The predicted molar refractivity (Wildman–Crippen MR) is 79.2 cm³/mol. The minimum absolute atomic E-state index is 0.238. The highest BCUT2D eigenvalue weighted by Gasteiger charge is 2.08. The van der Waals surface area contributed by atoms with Crippen molar-refractivity contribution in [2.75, 3.05) is 19.1 Å². The molecular formula is C15H15BrFNO. The van der Waals surface area contributed by atoms with Gasteiger partial charge in [0.2, 0.25) is 0 Å². The molecule has 0 saturated carbocycles. The van der Waals surface area contributed by atoms with Gasteiger partial charge in [-0.1, -0.05) is 28.1 Å². The summed E-state index contributed by atoms with van der Waals surface area (Å²) in [5.41, 5.74) is 1.88. The highest BCUT2D eigenvalue weighted by atomic mass is 79.9. The van der Waals surface area contributed by atoms with Crippen LogP contribution in [0.1, 0.15) is 5.56 Å². The minimum Gasteiger partial charge on any atom is -0.495 e. The molecule has 0 unspecified atom stereocenters. The van der Waals surface area contributed by atoms with Gasteiger partial charge in [0.15, 0.2) is 0 Å². The number of nitrogens with zero attached hydrogens (tertiary/aromatic N) is 1. The predicted octanol–water partition coefficient (Wildman–Crippen LogP) is 4.23. The molecule has 19 heavy (non-hydrogen) atoms. The normalized spacial score (nSPS) is 10.3. The van der Waals surface area contributed by atoms with Crippen LogP contribution in [0, 0.1) is 5.82 Å². The van der Waals surface area contributed by atoms with Crippen LogP contribution in [0.2, 0.25) is 0 Å². The second-order valence-electron chi connectivity index (χ2n) is 4.31. The van der Waals surface area contributed by atoms with Crippen molar-refractivity contribution in [1.82, 2.24) is 0 Å². The van der Waals surface area contributed by atoms with Crippen LogP contribution in [0.25, 0.3) is 0 Å². The summed E-state index contributed by atoms with van der Waals surface area (Å²) in [6.45, 7) is 0.608. The third kappa shape index (κ3) is 3.47. The molecule has 2 aromatic carbocycles. The SMILES string of the molecule is COc1ccccc1N(C)Cc1cc(F)cc(Br)c1. The lowest BCUT2D eigenvalue weighted by Crippen LogP contribution is -2.17. The van der Waals surface area contributed by atoms with Crippen LogP contribution >= 0.6 is 15.9 Å². The van der Waals surface area contributed by atoms with E-state index in [1.807, 2.05) is 42.3 Å². The van der Waals surface area contributed by atoms with Gasteiger partial charge in [-0.15, -0.1) is 0 Å². The number of benzene rings is 2. The number of para-hydroxylation sites is 2. The molecule has 2 aromatic rings. The van der Waals surface area contributed by atoms with E-state index in [4.69, 9.17) is 4.74 Å². The number of anilines is 1. The number of halogens is 2. The molecule has 0 aliphatic rings. The number of methoxy groups -OCH3 is 1. The van der Waals surface area contributed by atoms with Crippen molar-refractivity contribution in [3.63, 3.8) is 0 Å². The maximum Gasteiger partial charge on any atom is 0.142 e. The fraction of sp³-hybridized carbons (Fsp3) is 0.200. The lowest BCUT2D eigenvalue weighted by molar-refractivity contribution is 0.415. The monoisotopic (exact) mass is 323 g/mol. The molecule has 4 heteroatoms. The van der Waals surface area contributed by atoms with E-state index in [0.29, 0.717) is 6.54 Å². The van der Waals surface area contributed by atoms with Crippen LogP contribution in [0.3, 0.4) is 0 Å². The molecule has 0 amide bonds. The van der Waals surface area contributed by atoms with Crippen LogP contribution in [0.5, 0.6) is 5.75 Å². The van der Waals surface area contributed by atoms with Crippen molar-refractivity contribution >= 4 is 21.6 Å². The van der Waals surface area contributed by atoms with E-state index < -0.39 is 0 Å². The van der Waals surface area contributed by atoms with Crippen molar-refractivity contribution in [3.8, 4) is 5.75 Å². The molecular weight excluding hydrogens is 309 g/mol. The van der Waals surface area contributed by atoms with E-state index in [0.717, 1.165) is 21.5 Å². The van der Waals surface area contributed by atoms with Gasteiger partial charge < -0.3 is 9.64 Å².